The number of aromatic amines is 2. The molecule has 6 rings (SSSR count). The van der Waals surface area contributed by atoms with E-state index < -0.39 is 0 Å². The fraction of sp³-hybridized carbons (Fsp3) is 0. The third-order valence-electron chi connectivity index (χ3n) is 5.21. The maximum atomic E-state index is 11.8. The summed E-state index contributed by atoms with van der Waals surface area (Å²) in [6.45, 7) is 0. The fourth-order valence-electron chi connectivity index (χ4n) is 3.78. The summed E-state index contributed by atoms with van der Waals surface area (Å²) in [4.78, 5) is 29.4. The van der Waals surface area contributed by atoms with E-state index in [9.17, 15) is 9.59 Å². The molecule has 2 aromatic heterocycles. The highest BCUT2D eigenvalue weighted by atomic mass is 16.1. The van der Waals surface area contributed by atoms with Crippen LogP contribution >= 0.6 is 0 Å². The third kappa shape index (κ3) is 3.54. The van der Waals surface area contributed by atoms with Crippen LogP contribution in [0.1, 0.15) is 0 Å². The van der Waals surface area contributed by atoms with Crippen molar-refractivity contribution in [1.82, 2.24) is 19.1 Å². The monoisotopic (exact) mass is 420 g/mol. The van der Waals surface area contributed by atoms with Gasteiger partial charge in [-0.15, -0.1) is 0 Å². The Morgan fingerprint density at radius 1 is 0.438 bits per heavy atom. The summed E-state index contributed by atoms with van der Waals surface area (Å²) in [5.74, 6) is 0. The lowest BCUT2D eigenvalue weighted by atomic mass is 10.3. The molecule has 32 heavy (non-hydrogen) atoms. The molecule has 0 unspecified atom stereocenters. The van der Waals surface area contributed by atoms with Crippen molar-refractivity contribution in [3.63, 3.8) is 0 Å². The molecule has 0 saturated carbocycles. The van der Waals surface area contributed by atoms with E-state index in [0.29, 0.717) is 0 Å². The largest absolute Gasteiger partial charge is 0.331 e. The van der Waals surface area contributed by atoms with Crippen molar-refractivity contribution in [2.75, 3.05) is 0 Å². The molecule has 6 nitrogen and oxygen atoms in total. The molecule has 0 aliphatic rings. The zero-order valence-corrected chi connectivity index (χ0v) is 17.1. The first-order valence-corrected chi connectivity index (χ1v) is 10.2. The van der Waals surface area contributed by atoms with Crippen molar-refractivity contribution < 1.29 is 0 Å². The van der Waals surface area contributed by atoms with Gasteiger partial charge in [-0.1, -0.05) is 60.7 Å². The Hall–Kier alpha value is -4.58. The lowest BCUT2D eigenvalue weighted by molar-refractivity contribution is 1.02. The summed E-state index contributed by atoms with van der Waals surface area (Å²) >= 11 is 0. The minimum Gasteiger partial charge on any atom is -0.305 e. The van der Waals surface area contributed by atoms with Crippen molar-refractivity contribution in [2.45, 2.75) is 0 Å². The molecular weight excluding hydrogens is 400 g/mol. The van der Waals surface area contributed by atoms with Crippen molar-refractivity contribution in [1.29, 1.82) is 0 Å². The van der Waals surface area contributed by atoms with Gasteiger partial charge in [0.05, 0.1) is 33.4 Å². The number of nitrogens with one attached hydrogen (secondary N) is 2. The van der Waals surface area contributed by atoms with Gasteiger partial charge in [-0.2, -0.15) is 0 Å². The minimum atomic E-state index is -0.104. The molecule has 0 radical (unpaired) electrons. The number of nitrogens with zero attached hydrogens (tertiary/aromatic N) is 2. The summed E-state index contributed by atoms with van der Waals surface area (Å²) in [5.41, 5.74) is 5.07. The van der Waals surface area contributed by atoms with E-state index in [2.05, 4.69) is 9.97 Å². The fourth-order valence-corrected chi connectivity index (χ4v) is 3.78. The van der Waals surface area contributed by atoms with Gasteiger partial charge in [0.1, 0.15) is 0 Å². The van der Waals surface area contributed by atoms with Gasteiger partial charge in [0.15, 0.2) is 0 Å². The van der Waals surface area contributed by atoms with Crippen LogP contribution in [0.4, 0.5) is 0 Å². The van der Waals surface area contributed by atoms with Crippen LogP contribution in [0.15, 0.2) is 119 Å². The standard InChI is InChI=1S/2C13H10N2O/c2*16-13-14-11-8-4-5-9-12(11)15(13)10-6-2-1-3-7-10/h2*1-9H,(H,14,16). The lowest BCUT2D eigenvalue weighted by Crippen LogP contribution is -2.14. The van der Waals surface area contributed by atoms with Crippen LogP contribution in [0.25, 0.3) is 33.4 Å². The van der Waals surface area contributed by atoms with Crippen molar-refractivity contribution in [3.8, 4) is 11.4 Å². The Kier molecular flexibility index (Phi) is 5.01. The van der Waals surface area contributed by atoms with E-state index in [1.54, 1.807) is 9.13 Å². The summed E-state index contributed by atoms with van der Waals surface area (Å²) in [5, 5.41) is 0. The number of para-hydroxylation sites is 6. The molecule has 0 atom stereocenters. The van der Waals surface area contributed by atoms with Crippen LogP contribution in [0.3, 0.4) is 0 Å². The van der Waals surface area contributed by atoms with Crippen LogP contribution in [-0.2, 0) is 0 Å². The zero-order chi connectivity index (χ0) is 21.9. The smallest absolute Gasteiger partial charge is 0.305 e. The number of benzene rings is 4. The predicted molar refractivity (Wildman–Crippen MR) is 128 cm³/mol. The first-order chi connectivity index (χ1) is 15.7. The van der Waals surface area contributed by atoms with Gasteiger partial charge in [0.25, 0.3) is 0 Å². The third-order valence-corrected chi connectivity index (χ3v) is 5.21. The van der Waals surface area contributed by atoms with Crippen molar-refractivity contribution in [2.24, 2.45) is 0 Å². The second kappa shape index (κ2) is 8.28. The van der Waals surface area contributed by atoms with Gasteiger partial charge >= 0.3 is 11.4 Å². The number of fused-ring (bicyclic) bond motifs is 2. The van der Waals surface area contributed by atoms with Gasteiger partial charge in [0.2, 0.25) is 0 Å². The molecule has 0 amide bonds. The second-order valence-corrected chi connectivity index (χ2v) is 7.24. The average molecular weight is 420 g/mol. The predicted octanol–water partition coefficient (Wildman–Crippen LogP) is 4.64. The number of H-pyrrole nitrogens is 2. The summed E-state index contributed by atoms with van der Waals surface area (Å²) in [6.07, 6.45) is 0. The van der Waals surface area contributed by atoms with E-state index in [0.717, 1.165) is 33.4 Å². The highest BCUT2D eigenvalue weighted by Gasteiger charge is 2.07. The highest BCUT2D eigenvalue weighted by molar-refractivity contribution is 5.77. The molecule has 2 heterocycles. The molecule has 0 spiro atoms. The van der Waals surface area contributed by atoms with Crippen LogP contribution in [0, 0.1) is 0 Å². The molecule has 6 heteroatoms. The maximum absolute atomic E-state index is 11.8. The number of hydrogen-bond donors (Lipinski definition) is 2. The summed E-state index contributed by atoms with van der Waals surface area (Å²) in [7, 11) is 0. The van der Waals surface area contributed by atoms with Crippen LogP contribution in [0.2, 0.25) is 0 Å². The Bertz CT molecular complexity index is 1480. The summed E-state index contributed by atoms with van der Waals surface area (Å²) < 4.78 is 3.35. The van der Waals surface area contributed by atoms with Crippen molar-refractivity contribution in [3.05, 3.63) is 130 Å². The van der Waals surface area contributed by atoms with Gasteiger partial charge < -0.3 is 9.97 Å². The molecule has 6 aromatic rings. The Morgan fingerprint density at radius 2 is 0.781 bits per heavy atom. The Balaban J connectivity index is 0.000000135. The zero-order valence-electron chi connectivity index (χ0n) is 17.1. The van der Waals surface area contributed by atoms with Gasteiger partial charge in [-0.05, 0) is 48.5 Å². The topological polar surface area (TPSA) is 75.6 Å². The number of hydrogen-bond acceptors (Lipinski definition) is 2. The molecular formula is C26H20N4O2. The second-order valence-electron chi connectivity index (χ2n) is 7.24. The first kappa shape index (κ1) is 19.4. The Morgan fingerprint density at radius 3 is 1.19 bits per heavy atom. The molecule has 0 bridgehead atoms. The number of imidazole rings is 2. The van der Waals surface area contributed by atoms with E-state index in [4.69, 9.17) is 0 Å². The maximum Gasteiger partial charge on any atom is 0.331 e. The molecule has 0 fully saturated rings. The highest BCUT2D eigenvalue weighted by Crippen LogP contribution is 2.15. The molecule has 156 valence electrons. The minimum absolute atomic E-state index is 0.104. The quantitative estimate of drug-likeness (QED) is 0.428. The number of rotatable bonds is 2. The van der Waals surface area contributed by atoms with E-state index in [-0.39, 0.29) is 11.4 Å². The van der Waals surface area contributed by atoms with E-state index in [1.165, 1.54) is 0 Å². The summed E-state index contributed by atoms with van der Waals surface area (Å²) in [6, 6.07) is 34.6. The van der Waals surface area contributed by atoms with E-state index in [1.807, 2.05) is 109 Å². The SMILES string of the molecule is O=c1[nH]c2ccccc2n1-c1ccccc1.O=c1[nH]c2ccccc2n1-c1ccccc1. The molecule has 0 aliphatic heterocycles. The molecule has 0 aliphatic carbocycles. The van der Waals surface area contributed by atoms with Gasteiger partial charge in [-0.25, -0.2) is 9.59 Å². The van der Waals surface area contributed by atoms with Crippen LogP contribution < -0.4 is 11.4 Å². The Labute approximate surface area is 183 Å². The van der Waals surface area contributed by atoms with Gasteiger partial charge in [-0.3, -0.25) is 9.13 Å². The van der Waals surface area contributed by atoms with Crippen LogP contribution in [0.5, 0.6) is 0 Å². The van der Waals surface area contributed by atoms with Crippen molar-refractivity contribution >= 4 is 22.1 Å². The lowest BCUT2D eigenvalue weighted by Gasteiger charge is -2.01. The first-order valence-electron chi connectivity index (χ1n) is 10.2. The molecule has 0 saturated heterocycles. The number of aromatic nitrogens is 4. The molecule has 4 aromatic carbocycles. The van der Waals surface area contributed by atoms with Gasteiger partial charge in [0, 0.05) is 0 Å². The van der Waals surface area contributed by atoms with Crippen LogP contribution in [-0.4, -0.2) is 19.1 Å². The average Bonchev–Trinajstić information content (AvgIpc) is 3.35. The normalized spacial score (nSPS) is 10.8. The molecule has 2 N–H and O–H groups in total. The van der Waals surface area contributed by atoms with E-state index >= 15 is 0 Å².